The molecule has 3 heteroatoms. The van der Waals surface area contributed by atoms with Gasteiger partial charge in [0.05, 0.1) is 17.6 Å². The van der Waals surface area contributed by atoms with Gasteiger partial charge in [-0.1, -0.05) is 0 Å². The van der Waals surface area contributed by atoms with E-state index >= 15 is 0 Å². The second kappa shape index (κ2) is 5.58. The van der Waals surface area contributed by atoms with Gasteiger partial charge in [-0.25, -0.2) is 0 Å². The van der Waals surface area contributed by atoms with Gasteiger partial charge in [0.2, 0.25) is 0 Å². The number of aliphatic hydroxyl groups is 3. The van der Waals surface area contributed by atoms with E-state index in [1.165, 1.54) is 0 Å². The van der Waals surface area contributed by atoms with Crippen molar-refractivity contribution in [3.05, 3.63) is 23.7 Å². The Labute approximate surface area is 102 Å². The molecule has 96 valence electrons. The van der Waals surface area contributed by atoms with E-state index in [9.17, 15) is 15.3 Å². The Hall–Kier alpha value is -0.960. The van der Waals surface area contributed by atoms with Crippen LogP contribution in [0, 0.1) is 11.8 Å². The van der Waals surface area contributed by atoms with Crippen molar-refractivity contribution in [2.45, 2.75) is 51.0 Å². The third-order valence-corrected chi connectivity index (χ3v) is 3.94. The summed E-state index contributed by atoms with van der Waals surface area (Å²) in [5, 5.41) is 28.3. The molecule has 0 aromatic rings. The van der Waals surface area contributed by atoms with Gasteiger partial charge in [0.25, 0.3) is 0 Å². The highest BCUT2D eigenvalue weighted by Crippen LogP contribution is 2.32. The van der Waals surface area contributed by atoms with Gasteiger partial charge in [0.15, 0.2) is 0 Å². The van der Waals surface area contributed by atoms with Crippen LogP contribution in [-0.2, 0) is 0 Å². The topological polar surface area (TPSA) is 60.7 Å². The molecule has 0 aromatic heterocycles. The molecule has 2 rings (SSSR count). The van der Waals surface area contributed by atoms with Gasteiger partial charge in [0, 0.05) is 12.8 Å². The summed E-state index contributed by atoms with van der Waals surface area (Å²) in [6, 6.07) is 0. The molecule has 17 heavy (non-hydrogen) atoms. The molecule has 0 heterocycles. The first-order valence-corrected chi connectivity index (χ1v) is 6.59. The van der Waals surface area contributed by atoms with E-state index in [2.05, 4.69) is 0 Å². The van der Waals surface area contributed by atoms with Crippen molar-refractivity contribution in [3.63, 3.8) is 0 Å². The minimum absolute atomic E-state index is 0.343. The van der Waals surface area contributed by atoms with Gasteiger partial charge in [0.1, 0.15) is 0 Å². The Morgan fingerprint density at radius 1 is 1.12 bits per heavy atom. The molecular formula is C14H22O3. The molecule has 0 bridgehead atoms. The molecule has 3 atom stereocenters. The Balaban J connectivity index is 1.74. The summed E-state index contributed by atoms with van der Waals surface area (Å²) in [7, 11) is 0. The second-order valence-electron chi connectivity index (χ2n) is 5.44. The maximum atomic E-state index is 9.54. The fourth-order valence-electron chi connectivity index (χ4n) is 2.91. The molecule has 0 fully saturated rings. The summed E-state index contributed by atoms with van der Waals surface area (Å²) in [5.41, 5.74) is 0. The van der Waals surface area contributed by atoms with Crippen LogP contribution in [0.2, 0.25) is 0 Å². The lowest BCUT2D eigenvalue weighted by Crippen LogP contribution is -2.19. The highest BCUT2D eigenvalue weighted by Gasteiger charge is 2.22. The van der Waals surface area contributed by atoms with Crippen LogP contribution in [0.15, 0.2) is 23.7 Å². The fourth-order valence-corrected chi connectivity index (χ4v) is 2.91. The summed E-state index contributed by atoms with van der Waals surface area (Å²) in [6.45, 7) is 0. The Kier molecular flexibility index (Phi) is 4.11. The van der Waals surface area contributed by atoms with Crippen molar-refractivity contribution >= 4 is 0 Å². The van der Waals surface area contributed by atoms with Crippen LogP contribution in [0.1, 0.15) is 44.9 Å². The SMILES string of the molecule is OC1=CCC(CCC2CC(O)=CC(O)C2)CC1. The van der Waals surface area contributed by atoms with Gasteiger partial charge in [-0.3, -0.25) is 0 Å². The van der Waals surface area contributed by atoms with Crippen LogP contribution in [0.3, 0.4) is 0 Å². The zero-order valence-electron chi connectivity index (χ0n) is 10.2. The molecule has 0 amide bonds. The molecule has 3 unspecified atom stereocenters. The zero-order valence-corrected chi connectivity index (χ0v) is 10.2. The predicted molar refractivity (Wildman–Crippen MR) is 66.7 cm³/mol. The predicted octanol–water partition coefficient (Wildman–Crippen LogP) is 3.22. The molecule has 3 N–H and O–H groups in total. The van der Waals surface area contributed by atoms with Crippen LogP contribution >= 0.6 is 0 Å². The molecule has 0 aliphatic heterocycles. The first kappa shape index (κ1) is 12.5. The number of aliphatic hydroxyl groups excluding tert-OH is 3. The lowest BCUT2D eigenvalue weighted by Gasteiger charge is -2.26. The minimum Gasteiger partial charge on any atom is -0.513 e. The van der Waals surface area contributed by atoms with Crippen molar-refractivity contribution in [3.8, 4) is 0 Å². The van der Waals surface area contributed by atoms with Gasteiger partial charge < -0.3 is 15.3 Å². The average Bonchev–Trinajstić information content (AvgIpc) is 2.27. The van der Waals surface area contributed by atoms with Crippen LogP contribution in [0.4, 0.5) is 0 Å². The molecule has 2 aliphatic rings. The monoisotopic (exact) mass is 238 g/mol. The van der Waals surface area contributed by atoms with E-state index in [0.29, 0.717) is 29.8 Å². The van der Waals surface area contributed by atoms with E-state index in [4.69, 9.17) is 0 Å². The van der Waals surface area contributed by atoms with Crippen molar-refractivity contribution in [1.29, 1.82) is 0 Å². The number of hydrogen-bond donors (Lipinski definition) is 3. The van der Waals surface area contributed by atoms with Gasteiger partial charge in [-0.15, -0.1) is 0 Å². The average molecular weight is 238 g/mol. The minimum atomic E-state index is -0.468. The van der Waals surface area contributed by atoms with Crippen LogP contribution in [0.25, 0.3) is 0 Å². The lowest BCUT2D eigenvalue weighted by molar-refractivity contribution is 0.150. The van der Waals surface area contributed by atoms with Crippen molar-refractivity contribution in [2.75, 3.05) is 0 Å². The summed E-state index contributed by atoms with van der Waals surface area (Å²) >= 11 is 0. The molecule has 0 saturated carbocycles. The van der Waals surface area contributed by atoms with E-state index in [1.807, 2.05) is 6.08 Å². The van der Waals surface area contributed by atoms with Crippen molar-refractivity contribution in [2.24, 2.45) is 11.8 Å². The molecule has 0 spiro atoms. The summed E-state index contributed by atoms with van der Waals surface area (Å²) in [5.74, 6) is 1.95. The Morgan fingerprint density at radius 2 is 1.88 bits per heavy atom. The van der Waals surface area contributed by atoms with Gasteiger partial charge >= 0.3 is 0 Å². The number of allylic oxidation sites excluding steroid dienone is 3. The largest absolute Gasteiger partial charge is 0.513 e. The van der Waals surface area contributed by atoms with Crippen molar-refractivity contribution in [1.82, 2.24) is 0 Å². The summed E-state index contributed by atoms with van der Waals surface area (Å²) in [4.78, 5) is 0. The zero-order chi connectivity index (χ0) is 12.3. The Morgan fingerprint density at radius 3 is 2.53 bits per heavy atom. The molecule has 2 aliphatic carbocycles. The standard InChI is InChI=1S/C14H22O3/c15-12-5-3-10(4-6-12)1-2-11-7-13(16)9-14(17)8-11/h5,9-11,13,15-17H,1-4,6-8H2. The van der Waals surface area contributed by atoms with Crippen LogP contribution < -0.4 is 0 Å². The molecule has 0 radical (unpaired) electrons. The van der Waals surface area contributed by atoms with Gasteiger partial charge in [-0.05, 0) is 56.1 Å². The molecular weight excluding hydrogens is 216 g/mol. The first-order valence-electron chi connectivity index (χ1n) is 6.59. The third-order valence-electron chi connectivity index (χ3n) is 3.94. The van der Waals surface area contributed by atoms with E-state index in [-0.39, 0.29) is 0 Å². The van der Waals surface area contributed by atoms with Crippen LogP contribution in [-0.4, -0.2) is 21.4 Å². The first-order chi connectivity index (χ1) is 8.13. The molecule has 0 aromatic carbocycles. The fraction of sp³-hybridized carbons (Fsp3) is 0.714. The lowest BCUT2D eigenvalue weighted by atomic mass is 9.82. The number of hydrogen-bond acceptors (Lipinski definition) is 3. The van der Waals surface area contributed by atoms with E-state index in [0.717, 1.165) is 38.5 Å². The molecule has 0 saturated heterocycles. The second-order valence-corrected chi connectivity index (χ2v) is 5.44. The summed E-state index contributed by atoms with van der Waals surface area (Å²) in [6.07, 6.45) is 9.56. The quantitative estimate of drug-likeness (QED) is 0.707. The summed E-state index contributed by atoms with van der Waals surface area (Å²) < 4.78 is 0. The smallest absolute Gasteiger partial charge is 0.0911 e. The maximum absolute atomic E-state index is 9.54. The highest BCUT2D eigenvalue weighted by atomic mass is 16.3. The third kappa shape index (κ3) is 3.77. The molecule has 3 nitrogen and oxygen atoms in total. The highest BCUT2D eigenvalue weighted by molar-refractivity contribution is 5.03. The Bertz CT molecular complexity index is 319. The van der Waals surface area contributed by atoms with Crippen LogP contribution in [0.5, 0.6) is 0 Å². The maximum Gasteiger partial charge on any atom is 0.0911 e. The normalized spacial score (nSPS) is 34.1. The van der Waals surface area contributed by atoms with E-state index in [1.54, 1.807) is 6.08 Å². The number of rotatable bonds is 3. The van der Waals surface area contributed by atoms with Gasteiger partial charge in [-0.2, -0.15) is 0 Å². The van der Waals surface area contributed by atoms with E-state index < -0.39 is 6.10 Å². The van der Waals surface area contributed by atoms with Crippen molar-refractivity contribution < 1.29 is 15.3 Å².